The van der Waals surface area contributed by atoms with Crippen LogP contribution in [0.25, 0.3) is 22.4 Å². The number of nitro benzene ring substituents is 1. The smallest absolute Gasteiger partial charge is 0.270 e. The Kier molecular flexibility index (Phi) is 6.14. The first-order chi connectivity index (χ1) is 15.0. The van der Waals surface area contributed by atoms with Crippen molar-refractivity contribution in [2.24, 2.45) is 5.10 Å². The molecule has 2 aromatic heterocycles. The third-order valence-corrected chi connectivity index (χ3v) is 5.52. The van der Waals surface area contributed by atoms with E-state index in [1.165, 1.54) is 30.1 Å². The van der Waals surface area contributed by atoms with Crippen LogP contribution in [-0.4, -0.2) is 27.8 Å². The number of amides is 1. The van der Waals surface area contributed by atoms with E-state index in [-0.39, 0.29) is 17.3 Å². The van der Waals surface area contributed by atoms with Crippen molar-refractivity contribution in [1.82, 2.24) is 10.4 Å². The molecule has 1 N–H and O–H groups in total. The molecule has 0 aliphatic heterocycles. The first kappa shape index (κ1) is 20.8. The molecule has 0 radical (unpaired) electrons. The van der Waals surface area contributed by atoms with Gasteiger partial charge in [0.25, 0.3) is 16.8 Å². The van der Waals surface area contributed by atoms with Crippen molar-refractivity contribution >= 4 is 56.6 Å². The summed E-state index contributed by atoms with van der Waals surface area (Å²) in [4.78, 5) is 26.6. The molecule has 9 nitrogen and oxygen atoms in total. The maximum absolute atomic E-state index is 12.0. The molecule has 11 heteroatoms. The molecule has 0 aliphatic rings. The van der Waals surface area contributed by atoms with Gasteiger partial charge < -0.3 is 8.83 Å². The lowest BCUT2D eigenvalue weighted by Crippen LogP contribution is -2.19. The SMILES string of the molecule is O=C(CSc1nc2ccccc2o1)N/N=C\c1ccc(-c2ccc([N+](=O)[O-])cc2Br)o1. The fourth-order valence-electron chi connectivity index (χ4n) is 2.62. The Hall–Kier alpha value is -3.44. The van der Waals surface area contributed by atoms with Crippen LogP contribution in [-0.2, 0) is 4.79 Å². The molecule has 4 aromatic rings. The average molecular weight is 501 g/mol. The number of nitro groups is 1. The number of fused-ring (bicyclic) bond motifs is 1. The van der Waals surface area contributed by atoms with Gasteiger partial charge >= 0.3 is 0 Å². The first-order valence-corrected chi connectivity index (χ1v) is 10.6. The number of nitrogens with one attached hydrogen (secondary N) is 1. The molecule has 156 valence electrons. The van der Waals surface area contributed by atoms with Crippen molar-refractivity contribution in [3.8, 4) is 11.3 Å². The van der Waals surface area contributed by atoms with Crippen LogP contribution in [0.4, 0.5) is 5.69 Å². The molecule has 0 saturated heterocycles. The second kappa shape index (κ2) is 9.14. The molecule has 31 heavy (non-hydrogen) atoms. The summed E-state index contributed by atoms with van der Waals surface area (Å²) in [6, 6.07) is 15.1. The van der Waals surface area contributed by atoms with E-state index in [9.17, 15) is 14.9 Å². The van der Waals surface area contributed by atoms with E-state index in [4.69, 9.17) is 8.83 Å². The van der Waals surface area contributed by atoms with Crippen molar-refractivity contribution in [3.63, 3.8) is 0 Å². The number of aromatic nitrogens is 1. The standard InChI is InChI=1S/C20H13BrN4O5S/c21-15-9-12(25(27)28)5-7-14(15)17-8-6-13(29-17)10-22-24-19(26)11-31-20-23-16-3-1-2-4-18(16)30-20/h1-10H,11H2,(H,24,26)/b22-10-. The van der Waals surface area contributed by atoms with Crippen LogP contribution in [0.2, 0.25) is 0 Å². The molecule has 0 aliphatic carbocycles. The number of rotatable bonds is 7. The Morgan fingerprint density at radius 3 is 2.84 bits per heavy atom. The number of halogens is 1. The van der Waals surface area contributed by atoms with Crippen molar-refractivity contribution in [3.05, 3.63) is 74.9 Å². The van der Waals surface area contributed by atoms with E-state index >= 15 is 0 Å². The molecule has 0 spiro atoms. The highest BCUT2D eigenvalue weighted by molar-refractivity contribution is 9.10. The lowest BCUT2D eigenvalue weighted by Gasteiger charge is -2.00. The zero-order valence-corrected chi connectivity index (χ0v) is 18.1. The predicted octanol–water partition coefficient (Wildman–Crippen LogP) is 5.00. The number of non-ortho nitro benzene ring substituents is 1. The van der Waals surface area contributed by atoms with Gasteiger partial charge in [-0.25, -0.2) is 10.4 Å². The van der Waals surface area contributed by atoms with Gasteiger partial charge in [0, 0.05) is 22.2 Å². The van der Waals surface area contributed by atoms with E-state index in [1.807, 2.05) is 24.3 Å². The number of carbonyl (C=O) groups excluding carboxylic acids is 1. The number of furan rings is 1. The molecule has 0 atom stereocenters. The fourth-order valence-corrected chi connectivity index (χ4v) is 3.82. The van der Waals surface area contributed by atoms with Crippen LogP contribution in [0, 0.1) is 10.1 Å². The normalized spacial score (nSPS) is 11.3. The molecule has 1 amide bonds. The van der Waals surface area contributed by atoms with Gasteiger partial charge in [-0.15, -0.1) is 0 Å². The van der Waals surface area contributed by atoms with Gasteiger partial charge in [0.1, 0.15) is 17.0 Å². The van der Waals surface area contributed by atoms with E-state index in [1.54, 1.807) is 18.2 Å². The number of nitrogens with zero attached hydrogens (tertiary/aromatic N) is 3. The molecular formula is C20H13BrN4O5S. The number of thioether (sulfide) groups is 1. The second-order valence-corrected chi connectivity index (χ2v) is 7.93. The lowest BCUT2D eigenvalue weighted by molar-refractivity contribution is -0.384. The maximum atomic E-state index is 12.0. The van der Waals surface area contributed by atoms with E-state index in [2.05, 4.69) is 31.4 Å². The number of hydrazone groups is 1. The summed E-state index contributed by atoms with van der Waals surface area (Å²) in [7, 11) is 0. The van der Waals surface area contributed by atoms with Gasteiger partial charge in [0.05, 0.1) is 16.9 Å². The number of hydrogen-bond donors (Lipinski definition) is 1. The largest absolute Gasteiger partial charge is 0.455 e. The molecular weight excluding hydrogens is 488 g/mol. The zero-order valence-electron chi connectivity index (χ0n) is 15.6. The topological polar surface area (TPSA) is 124 Å². The number of hydrogen-bond acceptors (Lipinski definition) is 8. The Balaban J connectivity index is 1.32. The monoisotopic (exact) mass is 500 g/mol. The quantitative estimate of drug-likeness (QED) is 0.164. The average Bonchev–Trinajstić information content (AvgIpc) is 3.38. The summed E-state index contributed by atoms with van der Waals surface area (Å²) in [6.07, 6.45) is 1.37. The number of oxazole rings is 1. The Bertz CT molecular complexity index is 1270. The summed E-state index contributed by atoms with van der Waals surface area (Å²) in [6.45, 7) is 0. The highest BCUT2D eigenvalue weighted by Crippen LogP contribution is 2.32. The van der Waals surface area contributed by atoms with Crippen molar-refractivity contribution in [2.75, 3.05) is 5.75 Å². The van der Waals surface area contributed by atoms with Crippen molar-refractivity contribution in [1.29, 1.82) is 0 Å². The molecule has 4 rings (SSSR count). The van der Waals surface area contributed by atoms with Gasteiger partial charge in [0.15, 0.2) is 5.58 Å². The van der Waals surface area contributed by atoms with Crippen LogP contribution >= 0.6 is 27.7 Å². The van der Waals surface area contributed by atoms with Gasteiger partial charge in [0.2, 0.25) is 0 Å². The number of para-hydroxylation sites is 2. The fraction of sp³-hybridized carbons (Fsp3) is 0.0500. The van der Waals surface area contributed by atoms with E-state index in [0.29, 0.717) is 32.4 Å². The van der Waals surface area contributed by atoms with E-state index < -0.39 is 4.92 Å². The lowest BCUT2D eigenvalue weighted by atomic mass is 10.1. The summed E-state index contributed by atoms with van der Waals surface area (Å²) in [5.41, 5.74) is 4.44. The third kappa shape index (κ3) is 5.01. The van der Waals surface area contributed by atoms with Gasteiger partial charge in [-0.2, -0.15) is 5.10 Å². The summed E-state index contributed by atoms with van der Waals surface area (Å²) >= 11 is 4.48. The van der Waals surface area contributed by atoms with Crippen LogP contribution in [0.5, 0.6) is 0 Å². The minimum atomic E-state index is -0.472. The van der Waals surface area contributed by atoms with Gasteiger partial charge in [-0.05, 0) is 46.3 Å². The molecule has 2 heterocycles. The Morgan fingerprint density at radius 1 is 1.23 bits per heavy atom. The van der Waals surface area contributed by atoms with Crippen LogP contribution in [0.15, 0.2) is 78.2 Å². The van der Waals surface area contributed by atoms with E-state index in [0.717, 1.165) is 5.52 Å². The van der Waals surface area contributed by atoms with Gasteiger partial charge in [-0.1, -0.05) is 23.9 Å². The predicted molar refractivity (Wildman–Crippen MR) is 119 cm³/mol. The molecule has 2 aromatic carbocycles. The summed E-state index contributed by atoms with van der Waals surface area (Å²) in [5, 5.41) is 15.1. The van der Waals surface area contributed by atoms with Gasteiger partial charge in [-0.3, -0.25) is 14.9 Å². The minimum absolute atomic E-state index is 0.0256. The molecule has 0 unspecified atom stereocenters. The summed E-state index contributed by atoms with van der Waals surface area (Å²) < 4.78 is 11.7. The minimum Gasteiger partial charge on any atom is -0.455 e. The molecule has 0 saturated carbocycles. The summed E-state index contributed by atoms with van der Waals surface area (Å²) in [5.74, 6) is 0.671. The van der Waals surface area contributed by atoms with Crippen LogP contribution in [0.1, 0.15) is 5.76 Å². The number of benzene rings is 2. The first-order valence-electron chi connectivity index (χ1n) is 8.84. The molecule has 0 fully saturated rings. The third-order valence-electron chi connectivity index (χ3n) is 4.04. The maximum Gasteiger partial charge on any atom is 0.270 e. The van der Waals surface area contributed by atoms with Crippen LogP contribution in [0.3, 0.4) is 0 Å². The second-order valence-electron chi connectivity index (χ2n) is 6.15. The highest BCUT2D eigenvalue weighted by atomic mass is 79.9. The Morgan fingerprint density at radius 2 is 2.06 bits per heavy atom. The number of carbonyl (C=O) groups is 1. The molecule has 0 bridgehead atoms. The van der Waals surface area contributed by atoms with Crippen molar-refractivity contribution in [2.45, 2.75) is 5.22 Å². The highest BCUT2D eigenvalue weighted by Gasteiger charge is 2.13. The van der Waals surface area contributed by atoms with Crippen molar-refractivity contribution < 1.29 is 18.6 Å². The Labute approximate surface area is 187 Å². The van der Waals surface area contributed by atoms with Crippen LogP contribution < -0.4 is 5.43 Å². The zero-order chi connectivity index (χ0) is 21.8.